The highest BCUT2D eigenvalue weighted by Crippen LogP contribution is 2.36. The van der Waals surface area contributed by atoms with Crippen LogP contribution in [-0.2, 0) is 31.3 Å². The van der Waals surface area contributed by atoms with Crippen molar-refractivity contribution in [3.8, 4) is 23.0 Å². The van der Waals surface area contributed by atoms with Gasteiger partial charge in [0.2, 0.25) is 0 Å². The molecule has 24 heteroatoms. The van der Waals surface area contributed by atoms with Crippen LogP contribution in [0.5, 0.6) is 23.0 Å². The maximum Gasteiger partial charge on any atom is 0.426 e. The minimum atomic E-state index is -4.36. The summed E-state index contributed by atoms with van der Waals surface area (Å²) >= 11 is 0. The number of non-ortho nitro benzene ring substituents is 1. The number of halogens is 10. The quantitative estimate of drug-likeness (QED) is 0.0135. The fraction of sp³-hybridized carbons (Fsp3) is 0.265. The van der Waals surface area contributed by atoms with E-state index in [1.807, 2.05) is 0 Å². The first kappa shape index (κ1) is 55.7. The van der Waals surface area contributed by atoms with E-state index >= 15 is 0 Å². The van der Waals surface area contributed by atoms with E-state index in [0.29, 0.717) is 17.2 Å². The molecular formula is C49H40F10N2O12. The van der Waals surface area contributed by atoms with Gasteiger partial charge in [-0.3, -0.25) is 20.2 Å². The van der Waals surface area contributed by atoms with E-state index in [9.17, 15) is 73.7 Å². The monoisotopic (exact) mass is 1040 g/mol. The average molecular weight is 1040 g/mol. The molecule has 0 bridgehead atoms. The van der Waals surface area contributed by atoms with Crippen molar-refractivity contribution in [2.75, 3.05) is 26.4 Å². The number of hydrogen-bond donors (Lipinski definition) is 0. The van der Waals surface area contributed by atoms with Crippen LogP contribution in [-0.4, -0.2) is 60.6 Å². The van der Waals surface area contributed by atoms with Gasteiger partial charge >= 0.3 is 36.5 Å². The fourth-order valence-corrected chi connectivity index (χ4v) is 6.29. The van der Waals surface area contributed by atoms with Crippen LogP contribution in [0.4, 0.5) is 55.3 Å². The summed E-state index contributed by atoms with van der Waals surface area (Å²) in [5, 5.41) is 23.3. The largest absolute Gasteiger partial charge is 0.494 e. The molecule has 0 aliphatic heterocycles. The van der Waals surface area contributed by atoms with Crippen molar-refractivity contribution in [3.05, 3.63) is 175 Å². The Labute approximate surface area is 407 Å². The average Bonchev–Trinajstić information content (AvgIpc) is 3.33. The molecule has 5 aromatic carbocycles. The standard InChI is InChI=1S/C49H40F10N2O12/c50-46(51,52)25-1-27-68-38-18-9-35(10-19-38)48(56,57)72-40-14-3-32(4-15-40)7-23-44(62)70-30-34(42-22-13-37(60(64)65)29-43(42)61(66)67)31-71-45(63)24-8-33-5-16-41(17-6-33)73-49(58,59)36-11-20-39(21-12-36)69-28-2-26-47(53,54)55/h3-24,29,34H,1-2,25-28,30-31H2/b23-7+,24-8+. The van der Waals surface area contributed by atoms with Crippen molar-refractivity contribution >= 4 is 35.5 Å². The van der Waals surface area contributed by atoms with Crippen molar-refractivity contribution in [3.63, 3.8) is 0 Å². The lowest BCUT2D eigenvalue weighted by atomic mass is 9.98. The van der Waals surface area contributed by atoms with Gasteiger partial charge in [-0.05, 0) is 115 Å². The Morgan fingerprint density at radius 1 is 0.521 bits per heavy atom. The number of ether oxygens (including phenoxy) is 6. The van der Waals surface area contributed by atoms with Gasteiger partial charge in [0.25, 0.3) is 11.4 Å². The zero-order valence-corrected chi connectivity index (χ0v) is 37.6. The number of carbonyl (C=O) groups is 2. The summed E-state index contributed by atoms with van der Waals surface area (Å²) in [7, 11) is 0. The highest BCUT2D eigenvalue weighted by molar-refractivity contribution is 5.87. The van der Waals surface area contributed by atoms with Crippen LogP contribution in [0.15, 0.2) is 127 Å². The summed E-state index contributed by atoms with van der Waals surface area (Å²) in [6.07, 6.45) is -14.9. The Morgan fingerprint density at radius 2 is 0.904 bits per heavy atom. The number of nitro groups is 2. The van der Waals surface area contributed by atoms with Gasteiger partial charge in [0.05, 0.1) is 46.2 Å². The third-order valence-electron chi connectivity index (χ3n) is 9.92. The Kier molecular flexibility index (Phi) is 18.9. The Bertz CT molecular complexity index is 2570. The maximum absolute atomic E-state index is 14.9. The maximum atomic E-state index is 14.9. The zero-order valence-electron chi connectivity index (χ0n) is 37.6. The number of rotatable bonds is 25. The van der Waals surface area contributed by atoms with Crippen molar-refractivity contribution in [2.45, 2.75) is 56.2 Å². The lowest BCUT2D eigenvalue weighted by molar-refractivity contribution is -0.394. The van der Waals surface area contributed by atoms with E-state index in [2.05, 4.69) is 0 Å². The lowest BCUT2D eigenvalue weighted by Gasteiger charge is -2.19. The molecule has 5 aromatic rings. The molecule has 0 unspecified atom stereocenters. The van der Waals surface area contributed by atoms with Crippen LogP contribution in [0.1, 0.15) is 59.4 Å². The number of nitrogens with zero attached hydrogens (tertiary/aromatic N) is 2. The van der Waals surface area contributed by atoms with Crippen molar-refractivity contribution < 1.29 is 91.8 Å². The predicted octanol–water partition coefficient (Wildman–Crippen LogP) is 12.8. The molecule has 0 heterocycles. The van der Waals surface area contributed by atoms with E-state index in [4.69, 9.17) is 28.4 Å². The molecule has 0 radical (unpaired) electrons. The molecule has 0 N–H and O–H groups in total. The molecule has 5 rings (SSSR count). The molecule has 388 valence electrons. The number of hydrogen-bond acceptors (Lipinski definition) is 12. The minimum absolute atomic E-state index is 0.0722. The smallest absolute Gasteiger partial charge is 0.426 e. The van der Waals surface area contributed by atoms with Crippen LogP contribution in [0.25, 0.3) is 12.2 Å². The summed E-state index contributed by atoms with van der Waals surface area (Å²) in [5.41, 5.74) is -2.19. The van der Waals surface area contributed by atoms with E-state index < -0.39 is 101 Å². The first-order chi connectivity index (χ1) is 34.4. The molecule has 0 aromatic heterocycles. The molecule has 0 aliphatic rings. The number of nitro benzene ring substituents is 2. The molecule has 0 saturated heterocycles. The molecule has 0 amide bonds. The normalized spacial score (nSPS) is 12.2. The van der Waals surface area contributed by atoms with Crippen LogP contribution in [0, 0.1) is 20.2 Å². The molecule has 73 heavy (non-hydrogen) atoms. The van der Waals surface area contributed by atoms with Gasteiger partial charge in [-0.2, -0.15) is 43.9 Å². The van der Waals surface area contributed by atoms with Crippen molar-refractivity contribution in [1.29, 1.82) is 0 Å². The van der Waals surface area contributed by atoms with Gasteiger partial charge < -0.3 is 28.4 Å². The molecule has 0 spiro atoms. The summed E-state index contributed by atoms with van der Waals surface area (Å²) in [5.74, 6) is -3.75. The number of esters is 2. The van der Waals surface area contributed by atoms with E-state index in [0.717, 1.165) is 97.1 Å². The molecule has 0 aliphatic carbocycles. The fourth-order valence-electron chi connectivity index (χ4n) is 6.29. The van der Waals surface area contributed by atoms with Gasteiger partial charge in [-0.1, -0.05) is 24.3 Å². The summed E-state index contributed by atoms with van der Waals surface area (Å²) in [4.78, 5) is 47.1. The van der Waals surface area contributed by atoms with Crippen LogP contribution < -0.4 is 18.9 Å². The van der Waals surface area contributed by atoms with E-state index in [1.165, 1.54) is 36.4 Å². The lowest BCUT2D eigenvalue weighted by Crippen LogP contribution is -2.21. The predicted molar refractivity (Wildman–Crippen MR) is 239 cm³/mol. The molecule has 0 saturated carbocycles. The van der Waals surface area contributed by atoms with Gasteiger partial charge in [0.15, 0.2) is 0 Å². The second-order valence-corrected chi connectivity index (χ2v) is 15.4. The highest BCUT2D eigenvalue weighted by Gasteiger charge is 2.36. The second-order valence-electron chi connectivity index (χ2n) is 15.4. The Balaban J connectivity index is 1.16. The van der Waals surface area contributed by atoms with Crippen molar-refractivity contribution in [2.24, 2.45) is 0 Å². The summed E-state index contributed by atoms with van der Waals surface area (Å²) < 4.78 is 164. The van der Waals surface area contributed by atoms with Crippen LogP contribution in [0.2, 0.25) is 0 Å². The second kappa shape index (κ2) is 24.8. The first-order valence-corrected chi connectivity index (χ1v) is 21.4. The van der Waals surface area contributed by atoms with Gasteiger partial charge in [0.1, 0.15) is 36.2 Å². The third kappa shape index (κ3) is 18.5. The van der Waals surface area contributed by atoms with Crippen LogP contribution >= 0.6 is 0 Å². The molecule has 14 nitrogen and oxygen atoms in total. The zero-order chi connectivity index (χ0) is 53.4. The Hall–Kier alpha value is -8.18. The highest BCUT2D eigenvalue weighted by atomic mass is 19.4. The Morgan fingerprint density at radius 3 is 1.26 bits per heavy atom. The number of benzene rings is 5. The summed E-state index contributed by atoms with van der Waals surface area (Å²) in [6.45, 7) is -1.89. The number of carbonyl (C=O) groups excluding carboxylic acids is 2. The molecule has 0 fully saturated rings. The van der Waals surface area contributed by atoms with Crippen molar-refractivity contribution in [1.82, 2.24) is 0 Å². The minimum Gasteiger partial charge on any atom is -0.494 e. The number of alkyl halides is 10. The van der Waals surface area contributed by atoms with E-state index in [-0.39, 0.29) is 54.6 Å². The third-order valence-corrected chi connectivity index (χ3v) is 9.92. The molecular weight excluding hydrogens is 999 g/mol. The SMILES string of the molecule is O=C(/C=C/c1ccc(OC(F)(F)c2ccc(OCCCC(F)(F)F)cc2)cc1)OCC(COC(=O)/C=C/c1ccc(OC(F)(F)c2ccc(OCCCC(F)(F)F)cc2)cc1)c1ccc([N+](=O)[O-])cc1[N+](=O)[O-]. The van der Waals surface area contributed by atoms with Gasteiger partial charge in [0, 0.05) is 36.6 Å². The van der Waals surface area contributed by atoms with Gasteiger partial charge in [-0.15, -0.1) is 0 Å². The first-order valence-electron chi connectivity index (χ1n) is 21.4. The van der Waals surface area contributed by atoms with Crippen LogP contribution in [0.3, 0.4) is 0 Å². The summed E-state index contributed by atoms with van der Waals surface area (Å²) in [6, 6.07) is 21.1. The van der Waals surface area contributed by atoms with Gasteiger partial charge in [-0.25, -0.2) is 9.59 Å². The topological polar surface area (TPSA) is 176 Å². The van der Waals surface area contributed by atoms with E-state index in [1.54, 1.807) is 0 Å². The molecule has 0 atom stereocenters.